The summed E-state index contributed by atoms with van der Waals surface area (Å²) in [7, 11) is 0. The van der Waals surface area contributed by atoms with E-state index in [2.05, 4.69) is 11.9 Å². The van der Waals surface area contributed by atoms with Gasteiger partial charge in [0.2, 0.25) is 5.91 Å². The summed E-state index contributed by atoms with van der Waals surface area (Å²) in [5.74, 6) is -0.335. The van der Waals surface area contributed by atoms with E-state index in [0.29, 0.717) is 13.1 Å². The van der Waals surface area contributed by atoms with Gasteiger partial charge in [-0.15, -0.1) is 17.9 Å². The lowest BCUT2D eigenvalue weighted by Crippen LogP contribution is -2.44. The fraction of sp³-hybridized carbons (Fsp3) is 0.200. The Morgan fingerprint density at radius 1 is 0.941 bits per heavy atom. The zero-order valence-electron chi connectivity index (χ0n) is 18.3. The third-order valence-electron chi connectivity index (χ3n) is 4.93. The molecule has 1 N–H and O–H groups in total. The number of alkyl halides is 3. The minimum atomic E-state index is -4.63. The van der Waals surface area contributed by atoms with Gasteiger partial charge in [-0.2, -0.15) is 13.2 Å². The quantitative estimate of drug-likeness (QED) is 0.376. The average molecular weight is 488 g/mol. The summed E-state index contributed by atoms with van der Waals surface area (Å²) in [6.45, 7) is 3.96. The number of carbonyl (C=O) groups is 2. The first-order chi connectivity index (χ1) is 16.3. The second kappa shape index (κ2) is 11.5. The molecule has 3 amide bonds. The minimum Gasteiger partial charge on any atom is -0.332 e. The molecule has 34 heavy (non-hydrogen) atoms. The number of amides is 3. The third kappa shape index (κ3) is 6.95. The number of anilines is 1. The number of hydrogen-bond donors (Lipinski definition) is 1. The normalized spacial score (nSPS) is 11.0. The molecule has 5 nitrogen and oxygen atoms in total. The molecule has 0 aliphatic rings. The van der Waals surface area contributed by atoms with E-state index in [0.717, 1.165) is 21.4 Å². The van der Waals surface area contributed by atoms with Crippen molar-refractivity contribution < 1.29 is 22.8 Å². The van der Waals surface area contributed by atoms with Gasteiger partial charge in [0.15, 0.2) is 0 Å². The lowest BCUT2D eigenvalue weighted by atomic mass is 10.1. The molecule has 3 rings (SSSR count). The van der Waals surface area contributed by atoms with Crippen LogP contribution in [0.3, 0.4) is 0 Å². The highest BCUT2D eigenvalue weighted by Crippen LogP contribution is 2.34. The average Bonchev–Trinajstić information content (AvgIpc) is 3.32. The molecule has 3 aromatic rings. The molecule has 2 aromatic carbocycles. The molecular formula is C25H24F3N3O2S. The van der Waals surface area contributed by atoms with Crippen LogP contribution in [0.25, 0.3) is 0 Å². The van der Waals surface area contributed by atoms with Crippen molar-refractivity contribution in [2.24, 2.45) is 0 Å². The standard InChI is InChI=1S/C25H24F3N3O2S/c1-2-14-30(24(33)29-22-13-7-6-12-21(22)25(26,27)28)18-23(32)31(17-20-11-8-15-34-20)16-19-9-4-3-5-10-19/h2-13,15H,1,14,16-18H2,(H,29,33). The highest BCUT2D eigenvalue weighted by Gasteiger charge is 2.34. The number of thiophene rings is 1. The lowest BCUT2D eigenvalue weighted by molar-refractivity contribution is -0.137. The number of urea groups is 1. The van der Waals surface area contributed by atoms with Crippen LogP contribution in [0, 0.1) is 0 Å². The fourth-order valence-electron chi connectivity index (χ4n) is 3.30. The van der Waals surface area contributed by atoms with Crippen molar-refractivity contribution in [3.05, 3.63) is 101 Å². The largest absolute Gasteiger partial charge is 0.418 e. The maximum Gasteiger partial charge on any atom is 0.418 e. The maximum atomic E-state index is 13.3. The molecule has 178 valence electrons. The Hall–Kier alpha value is -3.59. The van der Waals surface area contributed by atoms with Crippen LogP contribution in [-0.2, 0) is 24.1 Å². The van der Waals surface area contributed by atoms with Crippen LogP contribution in [0.1, 0.15) is 16.0 Å². The number of carbonyl (C=O) groups excluding carboxylic acids is 2. The first-order valence-corrected chi connectivity index (χ1v) is 11.3. The summed E-state index contributed by atoms with van der Waals surface area (Å²) in [6, 6.07) is 17.1. The molecular weight excluding hydrogens is 463 g/mol. The van der Waals surface area contributed by atoms with Crippen LogP contribution in [-0.4, -0.2) is 34.8 Å². The van der Waals surface area contributed by atoms with E-state index in [1.165, 1.54) is 35.6 Å². The fourth-order valence-corrected chi connectivity index (χ4v) is 4.02. The maximum absolute atomic E-state index is 13.3. The van der Waals surface area contributed by atoms with Gasteiger partial charge in [-0.25, -0.2) is 4.79 Å². The van der Waals surface area contributed by atoms with E-state index >= 15 is 0 Å². The monoisotopic (exact) mass is 487 g/mol. The van der Waals surface area contributed by atoms with Crippen molar-refractivity contribution in [2.45, 2.75) is 19.3 Å². The molecule has 0 aliphatic carbocycles. The molecule has 0 saturated carbocycles. The number of rotatable bonds is 9. The van der Waals surface area contributed by atoms with Crippen LogP contribution in [0.4, 0.5) is 23.7 Å². The van der Waals surface area contributed by atoms with Gasteiger partial charge in [0, 0.05) is 18.0 Å². The van der Waals surface area contributed by atoms with Crippen molar-refractivity contribution in [1.29, 1.82) is 0 Å². The van der Waals surface area contributed by atoms with Gasteiger partial charge >= 0.3 is 12.2 Å². The number of para-hydroxylation sites is 1. The van der Waals surface area contributed by atoms with Gasteiger partial charge in [-0.05, 0) is 29.1 Å². The molecule has 0 unspecified atom stereocenters. The smallest absolute Gasteiger partial charge is 0.332 e. The van der Waals surface area contributed by atoms with Gasteiger partial charge < -0.3 is 15.1 Å². The van der Waals surface area contributed by atoms with Crippen molar-refractivity contribution in [3.63, 3.8) is 0 Å². The minimum absolute atomic E-state index is 0.00998. The molecule has 0 aliphatic heterocycles. The second-order valence-corrected chi connectivity index (χ2v) is 8.49. The number of nitrogens with one attached hydrogen (secondary N) is 1. The van der Waals surface area contributed by atoms with Crippen LogP contribution in [0.2, 0.25) is 0 Å². The topological polar surface area (TPSA) is 52.7 Å². The summed E-state index contributed by atoms with van der Waals surface area (Å²) in [5.41, 5.74) is -0.413. The molecule has 0 bridgehead atoms. The molecule has 0 saturated heterocycles. The molecule has 1 heterocycles. The number of hydrogen-bond acceptors (Lipinski definition) is 3. The number of halogens is 3. The zero-order chi connectivity index (χ0) is 24.6. The summed E-state index contributed by atoms with van der Waals surface area (Å²) in [4.78, 5) is 29.8. The van der Waals surface area contributed by atoms with Crippen molar-refractivity contribution in [1.82, 2.24) is 9.80 Å². The van der Waals surface area contributed by atoms with E-state index in [9.17, 15) is 22.8 Å². The first-order valence-electron chi connectivity index (χ1n) is 10.4. The van der Waals surface area contributed by atoms with Crippen LogP contribution >= 0.6 is 11.3 Å². The Kier molecular flexibility index (Phi) is 8.48. The van der Waals surface area contributed by atoms with E-state index < -0.39 is 17.8 Å². The van der Waals surface area contributed by atoms with Gasteiger partial charge in [0.25, 0.3) is 0 Å². The van der Waals surface area contributed by atoms with Crippen molar-refractivity contribution in [2.75, 3.05) is 18.4 Å². The molecule has 9 heteroatoms. The number of nitrogens with zero attached hydrogens (tertiary/aromatic N) is 2. The third-order valence-corrected chi connectivity index (χ3v) is 5.79. The highest BCUT2D eigenvalue weighted by molar-refractivity contribution is 7.09. The van der Waals surface area contributed by atoms with Crippen LogP contribution in [0.15, 0.2) is 84.8 Å². The SMILES string of the molecule is C=CCN(CC(=O)N(Cc1ccccc1)Cc1cccs1)C(=O)Nc1ccccc1C(F)(F)F. The molecule has 1 aromatic heterocycles. The van der Waals surface area contributed by atoms with E-state index in [1.54, 1.807) is 4.90 Å². The summed E-state index contributed by atoms with van der Waals surface area (Å²) < 4.78 is 39.9. The van der Waals surface area contributed by atoms with Gasteiger partial charge in [-0.1, -0.05) is 54.6 Å². The van der Waals surface area contributed by atoms with E-state index in [-0.39, 0.29) is 24.7 Å². The first kappa shape index (κ1) is 25.0. The number of benzene rings is 2. The predicted molar refractivity (Wildman–Crippen MR) is 127 cm³/mol. The predicted octanol–water partition coefficient (Wildman–Crippen LogP) is 6.02. The molecule has 0 spiro atoms. The molecule has 0 radical (unpaired) electrons. The van der Waals surface area contributed by atoms with Crippen molar-refractivity contribution >= 4 is 29.0 Å². The molecule has 0 fully saturated rings. The van der Waals surface area contributed by atoms with E-state index in [1.807, 2.05) is 47.8 Å². The summed E-state index contributed by atoms with van der Waals surface area (Å²) in [5, 5.41) is 4.20. The Morgan fingerprint density at radius 2 is 1.65 bits per heavy atom. The van der Waals surface area contributed by atoms with Gasteiger partial charge in [-0.3, -0.25) is 4.79 Å². The Bertz CT molecular complexity index is 1100. The summed E-state index contributed by atoms with van der Waals surface area (Å²) >= 11 is 1.51. The molecule has 0 atom stereocenters. The van der Waals surface area contributed by atoms with E-state index in [4.69, 9.17) is 0 Å². The Balaban J connectivity index is 1.77. The second-order valence-electron chi connectivity index (χ2n) is 7.46. The van der Waals surface area contributed by atoms with Crippen LogP contribution in [0.5, 0.6) is 0 Å². The Morgan fingerprint density at radius 3 is 2.29 bits per heavy atom. The highest BCUT2D eigenvalue weighted by atomic mass is 32.1. The summed E-state index contributed by atoms with van der Waals surface area (Å²) in [6.07, 6.45) is -3.21. The lowest BCUT2D eigenvalue weighted by Gasteiger charge is -2.27. The van der Waals surface area contributed by atoms with Crippen molar-refractivity contribution in [3.8, 4) is 0 Å². The van der Waals surface area contributed by atoms with Crippen LogP contribution < -0.4 is 5.32 Å². The Labute approximate surface area is 200 Å². The zero-order valence-corrected chi connectivity index (χ0v) is 19.1. The van der Waals surface area contributed by atoms with Gasteiger partial charge in [0.05, 0.1) is 17.8 Å². The van der Waals surface area contributed by atoms with Gasteiger partial charge in [0.1, 0.15) is 6.54 Å².